The highest BCUT2D eigenvalue weighted by atomic mass is 16.6. The van der Waals surface area contributed by atoms with Crippen molar-refractivity contribution in [3.05, 3.63) is 35.9 Å². The number of nitrogens with one attached hydrogen (secondary N) is 1. The van der Waals surface area contributed by atoms with Gasteiger partial charge in [-0.15, -0.1) is 0 Å². The molecule has 24 heavy (non-hydrogen) atoms. The average Bonchev–Trinajstić information content (AvgIpc) is 3.43. The molecule has 0 saturated carbocycles. The van der Waals surface area contributed by atoms with Gasteiger partial charge >= 0.3 is 6.03 Å². The van der Waals surface area contributed by atoms with Crippen LogP contribution in [-0.4, -0.2) is 42.4 Å². The Kier molecular flexibility index (Phi) is 4.87. The number of hydrogen-bond donors (Lipinski definition) is 1. The Hall–Kier alpha value is -1.92. The summed E-state index contributed by atoms with van der Waals surface area (Å²) in [6.45, 7) is 5.41. The van der Waals surface area contributed by atoms with Crippen molar-refractivity contribution in [3.63, 3.8) is 0 Å². The lowest BCUT2D eigenvalue weighted by Crippen LogP contribution is -2.72. The van der Waals surface area contributed by atoms with Gasteiger partial charge in [-0.3, -0.25) is 4.79 Å². The molecular weight excluding hydrogens is 308 g/mol. The van der Waals surface area contributed by atoms with Gasteiger partial charge in [0.15, 0.2) is 6.23 Å². The number of benzene rings is 1. The van der Waals surface area contributed by atoms with Crippen LogP contribution in [0.15, 0.2) is 30.3 Å². The van der Waals surface area contributed by atoms with Crippen LogP contribution in [0, 0.1) is 5.41 Å². The number of likely N-dealkylation sites (tertiary alicyclic amines) is 1. The minimum Gasteiger partial charge on any atom is -0.371 e. The molecule has 2 fully saturated rings. The zero-order valence-corrected chi connectivity index (χ0v) is 14.2. The lowest BCUT2D eigenvalue weighted by molar-refractivity contribution is -0.211. The molecule has 2 saturated heterocycles. The van der Waals surface area contributed by atoms with Gasteiger partial charge in [-0.1, -0.05) is 44.2 Å². The van der Waals surface area contributed by atoms with E-state index in [4.69, 9.17) is 9.47 Å². The minimum atomic E-state index is -0.598. The number of urea groups is 1. The molecule has 0 radical (unpaired) electrons. The summed E-state index contributed by atoms with van der Waals surface area (Å²) in [5.41, 5.74) is 0.388. The third-order valence-corrected chi connectivity index (χ3v) is 4.96. The van der Waals surface area contributed by atoms with Crippen LogP contribution in [0.3, 0.4) is 0 Å². The number of nitrogens with zero attached hydrogens (tertiary/aromatic N) is 1. The third kappa shape index (κ3) is 3.03. The molecule has 0 spiro atoms. The first-order valence-electron chi connectivity index (χ1n) is 8.51. The molecule has 0 bridgehead atoms. The van der Waals surface area contributed by atoms with Crippen LogP contribution >= 0.6 is 0 Å². The van der Waals surface area contributed by atoms with Gasteiger partial charge in [0.1, 0.15) is 6.10 Å². The SMILES string of the molecule is CCC1(CC)C(=O)N(C(=O)NCc2ccccc2)C1OCC1CO1. The first-order valence-corrected chi connectivity index (χ1v) is 8.51. The number of epoxide rings is 1. The van der Waals surface area contributed by atoms with E-state index in [1.54, 1.807) is 0 Å². The lowest BCUT2D eigenvalue weighted by Gasteiger charge is -2.53. The number of imide groups is 1. The van der Waals surface area contributed by atoms with E-state index in [-0.39, 0.29) is 12.0 Å². The Bertz CT molecular complexity index is 596. The van der Waals surface area contributed by atoms with Crippen molar-refractivity contribution in [1.82, 2.24) is 10.2 Å². The fourth-order valence-electron chi connectivity index (χ4n) is 3.19. The molecule has 6 heteroatoms. The second-order valence-corrected chi connectivity index (χ2v) is 6.32. The number of carbonyl (C=O) groups is 2. The molecule has 1 aromatic carbocycles. The van der Waals surface area contributed by atoms with Crippen LogP contribution in [0.5, 0.6) is 0 Å². The second-order valence-electron chi connectivity index (χ2n) is 6.32. The molecule has 2 atom stereocenters. The van der Waals surface area contributed by atoms with Gasteiger partial charge in [0.05, 0.1) is 18.6 Å². The number of rotatable bonds is 7. The van der Waals surface area contributed by atoms with Crippen molar-refractivity contribution < 1.29 is 19.1 Å². The first-order chi connectivity index (χ1) is 11.6. The largest absolute Gasteiger partial charge is 0.371 e. The smallest absolute Gasteiger partial charge is 0.326 e. The number of β-lactam (4-membered cyclic amide) rings is 1. The maximum absolute atomic E-state index is 12.6. The van der Waals surface area contributed by atoms with E-state index >= 15 is 0 Å². The average molecular weight is 332 g/mol. The predicted molar refractivity (Wildman–Crippen MR) is 88.0 cm³/mol. The normalized spacial score (nSPS) is 24.4. The van der Waals surface area contributed by atoms with E-state index in [1.807, 2.05) is 44.2 Å². The quantitative estimate of drug-likeness (QED) is 0.614. The van der Waals surface area contributed by atoms with Crippen LogP contribution in [0.1, 0.15) is 32.3 Å². The molecule has 2 aliphatic rings. The van der Waals surface area contributed by atoms with Gasteiger partial charge in [-0.05, 0) is 18.4 Å². The van der Waals surface area contributed by atoms with Crippen molar-refractivity contribution >= 4 is 11.9 Å². The summed E-state index contributed by atoms with van der Waals surface area (Å²) in [4.78, 5) is 26.3. The number of carbonyl (C=O) groups excluding carboxylic acids is 2. The molecule has 1 aromatic rings. The number of hydrogen-bond acceptors (Lipinski definition) is 4. The Labute approximate surface area is 142 Å². The van der Waals surface area contributed by atoms with Crippen molar-refractivity contribution in [3.8, 4) is 0 Å². The lowest BCUT2D eigenvalue weighted by atomic mass is 9.72. The van der Waals surface area contributed by atoms with E-state index < -0.39 is 17.7 Å². The molecule has 6 nitrogen and oxygen atoms in total. The Morgan fingerprint density at radius 1 is 1.33 bits per heavy atom. The molecule has 2 unspecified atom stereocenters. The molecule has 0 aromatic heterocycles. The molecule has 2 heterocycles. The van der Waals surface area contributed by atoms with E-state index in [2.05, 4.69) is 5.32 Å². The van der Waals surface area contributed by atoms with Gasteiger partial charge in [0.25, 0.3) is 0 Å². The summed E-state index contributed by atoms with van der Waals surface area (Å²) in [5, 5.41) is 2.81. The maximum atomic E-state index is 12.6. The van der Waals surface area contributed by atoms with Crippen molar-refractivity contribution in [1.29, 1.82) is 0 Å². The Morgan fingerprint density at radius 3 is 2.58 bits per heavy atom. The van der Waals surface area contributed by atoms with Crippen LogP contribution in [0.2, 0.25) is 0 Å². The van der Waals surface area contributed by atoms with E-state index in [9.17, 15) is 9.59 Å². The highest BCUT2D eigenvalue weighted by Gasteiger charge is 2.62. The summed E-state index contributed by atoms with van der Waals surface area (Å²) in [5.74, 6) is -0.153. The van der Waals surface area contributed by atoms with Crippen molar-refractivity contribution in [2.75, 3.05) is 13.2 Å². The minimum absolute atomic E-state index is 0.0985. The van der Waals surface area contributed by atoms with Crippen LogP contribution in [0.4, 0.5) is 4.79 Å². The predicted octanol–water partition coefficient (Wildman–Crippen LogP) is 2.29. The molecular formula is C18H24N2O4. The fourth-order valence-corrected chi connectivity index (χ4v) is 3.19. The molecule has 3 rings (SSSR count). The summed E-state index contributed by atoms with van der Waals surface area (Å²) >= 11 is 0. The maximum Gasteiger partial charge on any atom is 0.326 e. The Balaban J connectivity index is 1.65. The van der Waals surface area contributed by atoms with Gasteiger partial charge in [-0.2, -0.15) is 0 Å². The third-order valence-electron chi connectivity index (χ3n) is 4.96. The zero-order valence-electron chi connectivity index (χ0n) is 14.2. The van der Waals surface area contributed by atoms with Gasteiger partial charge in [-0.25, -0.2) is 9.69 Å². The fraction of sp³-hybridized carbons (Fsp3) is 0.556. The van der Waals surface area contributed by atoms with Gasteiger partial charge in [0.2, 0.25) is 5.91 Å². The number of amides is 3. The van der Waals surface area contributed by atoms with Crippen molar-refractivity contribution in [2.45, 2.75) is 45.6 Å². The molecule has 1 N–H and O–H groups in total. The summed E-state index contributed by atoms with van der Waals surface area (Å²) in [6, 6.07) is 9.21. The zero-order chi connectivity index (χ0) is 17.2. The van der Waals surface area contributed by atoms with E-state index in [1.165, 1.54) is 4.90 Å². The number of ether oxygens (including phenoxy) is 2. The van der Waals surface area contributed by atoms with E-state index in [0.29, 0.717) is 32.6 Å². The summed E-state index contributed by atoms with van der Waals surface area (Å²) in [6.07, 6.45) is 0.892. The van der Waals surface area contributed by atoms with Crippen LogP contribution in [0.25, 0.3) is 0 Å². The van der Waals surface area contributed by atoms with E-state index in [0.717, 1.165) is 5.56 Å². The Morgan fingerprint density at radius 2 is 2.00 bits per heavy atom. The van der Waals surface area contributed by atoms with Gasteiger partial charge in [0, 0.05) is 6.54 Å². The van der Waals surface area contributed by atoms with Crippen molar-refractivity contribution in [2.24, 2.45) is 5.41 Å². The molecule has 130 valence electrons. The molecule has 3 amide bonds. The first kappa shape index (κ1) is 16.9. The highest BCUT2D eigenvalue weighted by molar-refractivity contribution is 6.03. The molecule has 2 aliphatic heterocycles. The summed E-state index contributed by atoms with van der Waals surface area (Å²) in [7, 11) is 0. The molecule has 0 aliphatic carbocycles. The topological polar surface area (TPSA) is 71.2 Å². The highest BCUT2D eigenvalue weighted by Crippen LogP contribution is 2.46. The monoisotopic (exact) mass is 332 g/mol. The van der Waals surface area contributed by atoms with Gasteiger partial charge < -0.3 is 14.8 Å². The second kappa shape index (κ2) is 6.91. The van der Waals surface area contributed by atoms with Crippen LogP contribution in [-0.2, 0) is 20.8 Å². The van der Waals surface area contributed by atoms with Crippen LogP contribution < -0.4 is 5.32 Å². The standard InChI is InChI=1S/C18H24N2O4/c1-3-18(4-2)15(21)20(16(18)24-12-14-11-23-14)17(22)19-10-13-8-6-5-7-9-13/h5-9,14,16H,3-4,10-12H2,1-2H3,(H,19,22). The summed E-state index contributed by atoms with van der Waals surface area (Å²) < 4.78 is 11.0.